The molecule has 12 heteroatoms. The number of nitro groups is 1. The molecule has 5 aromatic rings. The molecule has 0 aliphatic carbocycles. The molecule has 0 radical (unpaired) electrons. The van der Waals surface area contributed by atoms with Gasteiger partial charge >= 0.3 is 0 Å². The molecule has 0 spiro atoms. The van der Waals surface area contributed by atoms with E-state index < -0.39 is 43.4 Å². The summed E-state index contributed by atoms with van der Waals surface area (Å²) in [5.74, 6) is 1.45. The van der Waals surface area contributed by atoms with E-state index in [9.17, 15) is 20.3 Å². The fourth-order valence-corrected chi connectivity index (χ4v) is 7.23. The molecule has 0 amide bonds. The number of hydrogen-bond donors (Lipinski definition) is 3. The first kappa shape index (κ1) is 38.7. The molecule has 52 heavy (non-hydrogen) atoms. The van der Waals surface area contributed by atoms with Gasteiger partial charge in [0.1, 0.15) is 35.4 Å². The Balaban J connectivity index is 0.000000365. The highest BCUT2D eigenvalue weighted by atomic mass is 28.4. The van der Waals surface area contributed by atoms with Crippen LogP contribution >= 0.6 is 0 Å². The maximum absolute atomic E-state index is 11.3. The third-order valence-electron chi connectivity index (χ3n) is 9.93. The van der Waals surface area contributed by atoms with E-state index in [0.717, 1.165) is 39.1 Å². The predicted octanol–water partition coefficient (Wildman–Crippen LogP) is 7.56. The molecule has 1 aliphatic rings. The van der Waals surface area contributed by atoms with Crippen molar-refractivity contribution in [3.05, 3.63) is 136 Å². The monoisotopic (exact) mass is 728 g/mol. The molecule has 4 atom stereocenters. The van der Waals surface area contributed by atoms with E-state index in [1.807, 2.05) is 84.9 Å². The summed E-state index contributed by atoms with van der Waals surface area (Å²) in [5, 5.41) is 33.2. The number of nitrogens with zero attached hydrogens (tertiary/aromatic N) is 1. The molecular weight excluding hydrogens is 681 g/mol. The SMILES string of the molecule is COc1ccc(C(OC[C@H]2OC(O)[C@H](O[Si](C)(C)C(C)(C)C)[C@@H]2O)(c2ccccc2)c2ccc(OC)cc2)cc1.O=[N+]([O-])c1ccc2[nH]ccc2c1. The number of H-pyrrole nitrogens is 1. The van der Waals surface area contributed by atoms with Crippen LogP contribution < -0.4 is 9.47 Å². The number of ether oxygens (including phenoxy) is 4. The van der Waals surface area contributed by atoms with Gasteiger partial charge in [0.25, 0.3) is 5.69 Å². The summed E-state index contributed by atoms with van der Waals surface area (Å²) in [6.07, 6.45) is -2.23. The van der Waals surface area contributed by atoms with Crippen LogP contribution in [-0.2, 0) is 19.5 Å². The highest BCUT2D eigenvalue weighted by Gasteiger charge is 2.50. The topological polar surface area (TPSA) is 146 Å². The summed E-state index contributed by atoms with van der Waals surface area (Å²) in [4.78, 5) is 12.9. The van der Waals surface area contributed by atoms with Crippen molar-refractivity contribution in [2.75, 3.05) is 20.8 Å². The van der Waals surface area contributed by atoms with Crippen molar-refractivity contribution in [2.24, 2.45) is 0 Å². The van der Waals surface area contributed by atoms with Gasteiger partial charge < -0.3 is 38.6 Å². The molecule has 1 aliphatic heterocycles. The van der Waals surface area contributed by atoms with Crippen LogP contribution in [-0.4, -0.2) is 73.9 Å². The molecule has 6 rings (SSSR count). The van der Waals surface area contributed by atoms with E-state index >= 15 is 0 Å². The lowest BCUT2D eigenvalue weighted by atomic mass is 9.80. The van der Waals surface area contributed by atoms with Gasteiger partial charge in [-0.25, -0.2) is 0 Å². The molecular formula is C40H48N2O9Si. The van der Waals surface area contributed by atoms with Crippen molar-refractivity contribution in [3.8, 4) is 11.5 Å². The minimum absolute atomic E-state index is 0.00252. The average molecular weight is 729 g/mol. The maximum Gasteiger partial charge on any atom is 0.270 e. The third-order valence-corrected chi connectivity index (χ3v) is 14.4. The molecule has 1 aromatic heterocycles. The molecule has 276 valence electrons. The van der Waals surface area contributed by atoms with Crippen molar-refractivity contribution in [2.45, 2.75) is 69.1 Å². The largest absolute Gasteiger partial charge is 0.497 e. The summed E-state index contributed by atoms with van der Waals surface area (Å²) in [6, 6.07) is 31.9. The lowest BCUT2D eigenvalue weighted by molar-refractivity contribution is -0.384. The molecule has 2 heterocycles. The van der Waals surface area contributed by atoms with Gasteiger partial charge in [-0.1, -0.05) is 75.4 Å². The first-order valence-corrected chi connectivity index (χ1v) is 20.0. The second kappa shape index (κ2) is 16.0. The highest BCUT2D eigenvalue weighted by molar-refractivity contribution is 6.74. The zero-order valence-corrected chi connectivity index (χ0v) is 31.6. The number of benzene rings is 4. The predicted molar refractivity (Wildman–Crippen MR) is 202 cm³/mol. The number of nitro benzene ring substituents is 1. The molecule has 1 unspecified atom stereocenters. The van der Waals surface area contributed by atoms with Gasteiger partial charge in [-0.2, -0.15) is 0 Å². The molecule has 1 fully saturated rings. The van der Waals surface area contributed by atoms with Gasteiger partial charge in [-0.15, -0.1) is 0 Å². The zero-order valence-electron chi connectivity index (χ0n) is 30.6. The van der Waals surface area contributed by atoms with Gasteiger partial charge in [0.15, 0.2) is 14.6 Å². The number of aromatic amines is 1. The van der Waals surface area contributed by atoms with Crippen LogP contribution in [0.2, 0.25) is 18.1 Å². The molecule has 0 saturated carbocycles. The molecule has 4 aromatic carbocycles. The van der Waals surface area contributed by atoms with Gasteiger partial charge in [-0.05, 0) is 71.2 Å². The van der Waals surface area contributed by atoms with Crippen LogP contribution in [0, 0.1) is 10.1 Å². The van der Waals surface area contributed by atoms with Crippen molar-refractivity contribution >= 4 is 24.9 Å². The standard InChI is InChI=1S/C32H42O7Si.C8H6N2O2/c1-31(2,3)40(6,7)39-29-28(33)27(38-30(29)34)21-37-32(22-11-9-8-10-12-22,23-13-17-25(35-4)18-14-23)24-15-19-26(36-5)20-16-24;11-10(12)7-1-2-8-6(5-7)3-4-9-8/h8-20,27-30,33-34H,21H2,1-7H3;1-5,9H/t27-,28-,29-,30?;/m1./s1. The van der Waals surface area contributed by atoms with Gasteiger partial charge in [-0.3, -0.25) is 10.1 Å². The van der Waals surface area contributed by atoms with Crippen LogP contribution in [0.4, 0.5) is 5.69 Å². The fourth-order valence-electron chi connectivity index (χ4n) is 5.94. The lowest BCUT2D eigenvalue weighted by Gasteiger charge is -2.39. The molecule has 0 bridgehead atoms. The maximum atomic E-state index is 11.3. The third kappa shape index (κ3) is 8.23. The Bertz CT molecular complexity index is 1860. The first-order chi connectivity index (χ1) is 24.7. The van der Waals surface area contributed by atoms with Gasteiger partial charge in [0, 0.05) is 29.2 Å². The number of aliphatic hydroxyl groups excluding tert-OH is 2. The fraction of sp³-hybridized carbons (Fsp3) is 0.350. The van der Waals surface area contributed by atoms with E-state index in [1.54, 1.807) is 32.5 Å². The number of aliphatic hydroxyl groups is 2. The Morgan fingerprint density at radius 3 is 1.90 bits per heavy atom. The average Bonchev–Trinajstić information content (AvgIpc) is 3.72. The van der Waals surface area contributed by atoms with Crippen LogP contribution in [0.15, 0.2) is 109 Å². The molecule has 11 nitrogen and oxygen atoms in total. The second-order valence-corrected chi connectivity index (χ2v) is 19.0. The minimum atomic E-state index is -2.28. The summed E-state index contributed by atoms with van der Waals surface area (Å²) < 4.78 is 29.9. The number of rotatable bonds is 11. The summed E-state index contributed by atoms with van der Waals surface area (Å²) in [5.41, 5.74) is 2.61. The van der Waals surface area contributed by atoms with E-state index in [-0.39, 0.29) is 17.3 Å². The van der Waals surface area contributed by atoms with E-state index in [4.69, 9.17) is 23.4 Å². The van der Waals surface area contributed by atoms with Crippen molar-refractivity contribution in [1.82, 2.24) is 4.98 Å². The minimum Gasteiger partial charge on any atom is -0.497 e. The Labute approximate surface area is 305 Å². The first-order valence-electron chi connectivity index (χ1n) is 17.1. The van der Waals surface area contributed by atoms with Gasteiger partial charge in [0.2, 0.25) is 0 Å². The summed E-state index contributed by atoms with van der Waals surface area (Å²) in [7, 11) is 0.978. The number of aromatic nitrogens is 1. The van der Waals surface area contributed by atoms with Crippen molar-refractivity contribution in [1.29, 1.82) is 0 Å². The number of fused-ring (bicyclic) bond motifs is 1. The van der Waals surface area contributed by atoms with Crippen LogP contribution in [0.1, 0.15) is 37.5 Å². The van der Waals surface area contributed by atoms with Crippen molar-refractivity contribution in [3.63, 3.8) is 0 Å². The summed E-state index contributed by atoms with van der Waals surface area (Å²) in [6.45, 7) is 10.5. The number of hydrogen-bond acceptors (Lipinski definition) is 9. The zero-order chi connectivity index (χ0) is 37.7. The normalized spacial score (nSPS) is 19.2. The highest BCUT2D eigenvalue weighted by Crippen LogP contribution is 2.43. The Morgan fingerprint density at radius 2 is 1.38 bits per heavy atom. The molecule has 1 saturated heterocycles. The smallest absolute Gasteiger partial charge is 0.270 e. The van der Waals surface area contributed by atoms with E-state index in [2.05, 4.69) is 38.8 Å². The summed E-state index contributed by atoms with van der Waals surface area (Å²) >= 11 is 0. The Kier molecular flexibility index (Phi) is 11.9. The van der Waals surface area contributed by atoms with E-state index in [0.29, 0.717) is 0 Å². The Hall–Kier alpha value is -4.56. The van der Waals surface area contributed by atoms with Gasteiger partial charge in [0.05, 0.1) is 25.7 Å². The number of methoxy groups -OCH3 is 2. The quantitative estimate of drug-likeness (QED) is 0.0543. The lowest BCUT2D eigenvalue weighted by Crippen LogP contribution is -2.49. The van der Waals surface area contributed by atoms with Crippen LogP contribution in [0.25, 0.3) is 10.9 Å². The number of non-ortho nitro benzene ring substituents is 1. The Morgan fingerprint density at radius 1 is 0.827 bits per heavy atom. The van der Waals surface area contributed by atoms with Crippen LogP contribution in [0.3, 0.4) is 0 Å². The second-order valence-electron chi connectivity index (χ2n) is 14.2. The van der Waals surface area contributed by atoms with E-state index in [1.165, 1.54) is 6.07 Å². The van der Waals surface area contributed by atoms with Crippen LogP contribution in [0.5, 0.6) is 11.5 Å². The number of nitrogens with one attached hydrogen (secondary N) is 1. The van der Waals surface area contributed by atoms with Crippen molar-refractivity contribution < 1.29 is 38.5 Å². The molecule has 3 N–H and O–H groups in total.